The van der Waals surface area contributed by atoms with E-state index in [1.165, 1.54) is 35.6 Å². The minimum atomic E-state index is -0.488. The molecule has 150 valence electrons. The molecule has 3 aromatic carbocycles. The summed E-state index contributed by atoms with van der Waals surface area (Å²) in [5, 5.41) is 15.2. The van der Waals surface area contributed by atoms with Gasteiger partial charge in [-0.3, -0.25) is 14.9 Å². The Bertz CT molecular complexity index is 1290. The lowest BCUT2D eigenvalue weighted by molar-refractivity contribution is -0.385. The molecule has 0 saturated heterocycles. The van der Waals surface area contributed by atoms with Crippen molar-refractivity contribution < 1.29 is 9.72 Å². The van der Waals surface area contributed by atoms with E-state index in [-0.39, 0.29) is 16.3 Å². The molecular formula is C21H13Cl2N3O3S. The van der Waals surface area contributed by atoms with Crippen LogP contribution in [-0.2, 0) is 0 Å². The second-order valence-electron chi connectivity index (χ2n) is 6.51. The highest BCUT2D eigenvalue weighted by Crippen LogP contribution is 2.40. The number of hydrogen-bond acceptors (Lipinski definition) is 5. The standard InChI is InChI=1S/C21H13Cl2N3O3S/c1-11-8-12(6-7-17(11)26(28)29)20(27)25-19-14(9-13(22)10-15(19)23)21-24-16-4-2-3-5-18(16)30-21/h2-10H,1H3,(H,25,27). The van der Waals surface area contributed by atoms with Crippen LogP contribution in [0.25, 0.3) is 20.8 Å². The van der Waals surface area contributed by atoms with Gasteiger partial charge in [-0.15, -0.1) is 11.3 Å². The lowest BCUT2D eigenvalue weighted by atomic mass is 10.1. The maximum absolute atomic E-state index is 12.9. The summed E-state index contributed by atoms with van der Waals surface area (Å²) in [7, 11) is 0. The number of amides is 1. The number of anilines is 1. The number of halogens is 2. The van der Waals surface area contributed by atoms with Crippen molar-refractivity contribution in [1.29, 1.82) is 0 Å². The number of nitro benzene ring substituents is 1. The summed E-state index contributed by atoms with van der Waals surface area (Å²) in [4.78, 5) is 28.0. The van der Waals surface area contributed by atoms with E-state index in [1.54, 1.807) is 13.0 Å². The molecule has 0 unspecified atom stereocenters. The molecule has 0 saturated carbocycles. The Balaban J connectivity index is 1.75. The van der Waals surface area contributed by atoms with Gasteiger partial charge in [-0.05, 0) is 43.3 Å². The van der Waals surface area contributed by atoms with Gasteiger partial charge in [-0.25, -0.2) is 4.98 Å². The van der Waals surface area contributed by atoms with Crippen LogP contribution < -0.4 is 5.32 Å². The number of carbonyl (C=O) groups excluding carboxylic acids is 1. The minimum absolute atomic E-state index is 0.0498. The lowest BCUT2D eigenvalue weighted by Crippen LogP contribution is -2.13. The summed E-state index contributed by atoms with van der Waals surface area (Å²) in [6.07, 6.45) is 0. The summed E-state index contributed by atoms with van der Waals surface area (Å²) in [6, 6.07) is 15.1. The van der Waals surface area contributed by atoms with Crippen molar-refractivity contribution in [3.63, 3.8) is 0 Å². The van der Waals surface area contributed by atoms with E-state index in [4.69, 9.17) is 23.2 Å². The van der Waals surface area contributed by atoms with Crippen LogP contribution in [0.4, 0.5) is 11.4 Å². The van der Waals surface area contributed by atoms with E-state index in [9.17, 15) is 14.9 Å². The van der Waals surface area contributed by atoms with Crippen LogP contribution >= 0.6 is 34.5 Å². The molecule has 6 nitrogen and oxygen atoms in total. The van der Waals surface area contributed by atoms with Crippen LogP contribution in [0.1, 0.15) is 15.9 Å². The molecule has 4 aromatic rings. The van der Waals surface area contributed by atoms with Crippen molar-refractivity contribution in [2.75, 3.05) is 5.32 Å². The molecule has 4 rings (SSSR count). The second-order valence-corrected chi connectivity index (χ2v) is 8.38. The maximum Gasteiger partial charge on any atom is 0.272 e. The van der Waals surface area contributed by atoms with Gasteiger partial charge < -0.3 is 5.32 Å². The highest BCUT2D eigenvalue weighted by Gasteiger charge is 2.19. The zero-order chi connectivity index (χ0) is 21.4. The average Bonchev–Trinajstić information content (AvgIpc) is 3.13. The molecule has 1 aromatic heterocycles. The van der Waals surface area contributed by atoms with Crippen molar-refractivity contribution in [1.82, 2.24) is 4.98 Å². The van der Waals surface area contributed by atoms with E-state index in [0.717, 1.165) is 10.2 Å². The number of fused-ring (bicyclic) bond motifs is 1. The number of benzene rings is 3. The van der Waals surface area contributed by atoms with Gasteiger partial charge in [0.2, 0.25) is 0 Å². The van der Waals surface area contributed by atoms with Gasteiger partial charge in [0.25, 0.3) is 11.6 Å². The fraction of sp³-hybridized carbons (Fsp3) is 0.0476. The molecule has 30 heavy (non-hydrogen) atoms. The Hall–Kier alpha value is -3.00. The number of hydrogen-bond donors (Lipinski definition) is 1. The van der Waals surface area contributed by atoms with Gasteiger partial charge in [-0.2, -0.15) is 0 Å². The molecule has 0 fully saturated rings. The third-order valence-corrected chi connectivity index (χ3v) is 6.06. The van der Waals surface area contributed by atoms with Crippen molar-refractivity contribution in [3.8, 4) is 10.6 Å². The molecule has 1 heterocycles. The normalized spacial score (nSPS) is 10.9. The highest BCUT2D eigenvalue weighted by atomic mass is 35.5. The Morgan fingerprint density at radius 1 is 1.13 bits per heavy atom. The number of nitrogens with zero attached hydrogens (tertiary/aromatic N) is 2. The first-order valence-corrected chi connectivity index (χ1v) is 10.3. The van der Waals surface area contributed by atoms with E-state index < -0.39 is 10.8 Å². The number of aryl methyl sites for hydroxylation is 1. The number of aromatic nitrogens is 1. The van der Waals surface area contributed by atoms with Crippen LogP contribution in [0.3, 0.4) is 0 Å². The van der Waals surface area contributed by atoms with Crippen molar-refractivity contribution in [2.24, 2.45) is 0 Å². The van der Waals surface area contributed by atoms with Gasteiger partial charge >= 0.3 is 0 Å². The molecule has 0 radical (unpaired) electrons. The zero-order valence-corrected chi connectivity index (χ0v) is 17.8. The van der Waals surface area contributed by atoms with Crippen LogP contribution in [0, 0.1) is 17.0 Å². The number of nitro groups is 1. The summed E-state index contributed by atoms with van der Waals surface area (Å²) in [5.41, 5.74) is 2.42. The highest BCUT2D eigenvalue weighted by molar-refractivity contribution is 7.21. The molecule has 0 aliphatic rings. The first-order chi connectivity index (χ1) is 14.3. The van der Waals surface area contributed by atoms with Crippen molar-refractivity contribution in [2.45, 2.75) is 6.92 Å². The van der Waals surface area contributed by atoms with E-state index in [2.05, 4.69) is 10.3 Å². The van der Waals surface area contributed by atoms with Crippen molar-refractivity contribution in [3.05, 3.63) is 85.9 Å². The third kappa shape index (κ3) is 3.87. The number of rotatable bonds is 4. The monoisotopic (exact) mass is 457 g/mol. The smallest absolute Gasteiger partial charge is 0.272 e. The van der Waals surface area contributed by atoms with Crippen LogP contribution in [-0.4, -0.2) is 15.8 Å². The first-order valence-electron chi connectivity index (χ1n) is 8.75. The largest absolute Gasteiger partial charge is 0.320 e. The number of carbonyl (C=O) groups is 1. The molecule has 1 amide bonds. The fourth-order valence-corrected chi connectivity index (χ4v) is 4.57. The lowest BCUT2D eigenvalue weighted by Gasteiger charge is -2.13. The Morgan fingerprint density at radius 3 is 2.60 bits per heavy atom. The van der Waals surface area contributed by atoms with E-state index >= 15 is 0 Å². The van der Waals surface area contributed by atoms with Gasteiger partial charge in [0.15, 0.2) is 0 Å². The maximum atomic E-state index is 12.9. The molecule has 0 bridgehead atoms. The zero-order valence-electron chi connectivity index (χ0n) is 15.5. The van der Waals surface area contributed by atoms with Gasteiger partial charge in [0.05, 0.1) is 25.8 Å². The topological polar surface area (TPSA) is 85.1 Å². The molecule has 0 atom stereocenters. The summed E-state index contributed by atoms with van der Waals surface area (Å²) in [6.45, 7) is 1.58. The van der Waals surface area contributed by atoms with Gasteiger partial charge in [0.1, 0.15) is 5.01 Å². The summed E-state index contributed by atoms with van der Waals surface area (Å²) in [5.74, 6) is -0.445. The van der Waals surface area contributed by atoms with E-state index in [0.29, 0.717) is 26.8 Å². The Labute approximate surface area is 185 Å². The van der Waals surface area contributed by atoms with Crippen LogP contribution in [0.15, 0.2) is 54.6 Å². The number of nitrogens with one attached hydrogen (secondary N) is 1. The number of thiazole rings is 1. The first kappa shape index (κ1) is 20.3. The SMILES string of the molecule is Cc1cc(C(=O)Nc2c(Cl)cc(Cl)cc2-c2nc3ccccc3s2)ccc1[N+](=O)[O-]. The molecule has 9 heteroatoms. The third-order valence-electron chi connectivity index (χ3n) is 4.47. The Morgan fingerprint density at radius 2 is 1.90 bits per heavy atom. The fourth-order valence-electron chi connectivity index (χ4n) is 3.04. The van der Waals surface area contributed by atoms with Crippen LogP contribution in [0.5, 0.6) is 0 Å². The minimum Gasteiger partial charge on any atom is -0.320 e. The summed E-state index contributed by atoms with van der Waals surface area (Å²) < 4.78 is 0.992. The molecule has 1 N–H and O–H groups in total. The van der Waals surface area contributed by atoms with E-state index in [1.807, 2.05) is 24.3 Å². The van der Waals surface area contributed by atoms with Crippen molar-refractivity contribution >= 4 is 62.0 Å². The predicted molar refractivity (Wildman–Crippen MR) is 121 cm³/mol. The molecule has 0 aliphatic heterocycles. The average molecular weight is 458 g/mol. The molecule has 0 aliphatic carbocycles. The number of para-hydroxylation sites is 1. The quantitative estimate of drug-likeness (QED) is 0.271. The second kappa shape index (κ2) is 8.02. The molecular weight excluding hydrogens is 445 g/mol. The molecule has 0 spiro atoms. The van der Waals surface area contributed by atoms with Gasteiger partial charge in [-0.1, -0.05) is 35.3 Å². The van der Waals surface area contributed by atoms with Crippen LogP contribution in [0.2, 0.25) is 10.0 Å². The van der Waals surface area contributed by atoms with Gasteiger partial charge in [0, 0.05) is 27.8 Å². The summed E-state index contributed by atoms with van der Waals surface area (Å²) >= 11 is 14.1. The predicted octanol–water partition coefficient (Wildman–Crippen LogP) is 6.74. The Kier molecular flexibility index (Phi) is 5.42.